The molecule has 2 nitrogen and oxygen atoms in total. The highest BCUT2D eigenvalue weighted by atomic mass is 79.9. The van der Waals surface area contributed by atoms with Gasteiger partial charge in [0.2, 0.25) is 0 Å². The van der Waals surface area contributed by atoms with Crippen LogP contribution in [0.3, 0.4) is 0 Å². The van der Waals surface area contributed by atoms with Gasteiger partial charge in [-0.25, -0.2) is 4.79 Å². The van der Waals surface area contributed by atoms with E-state index in [-0.39, 0.29) is 10.3 Å². The number of esters is 1. The first kappa shape index (κ1) is 10.3. The van der Waals surface area contributed by atoms with Crippen LogP contribution >= 0.6 is 15.9 Å². The predicted octanol–water partition coefficient (Wildman–Crippen LogP) is 2.37. The van der Waals surface area contributed by atoms with Crippen LogP contribution in [-0.4, -0.2) is 17.4 Å². The van der Waals surface area contributed by atoms with Crippen molar-refractivity contribution in [1.29, 1.82) is 0 Å². The van der Waals surface area contributed by atoms with E-state index >= 15 is 0 Å². The fraction of sp³-hybridized carbons (Fsp3) is 0.300. The van der Waals surface area contributed by atoms with Crippen molar-refractivity contribution in [3.63, 3.8) is 0 Å². The van der Waals surface area contributed by atoms with E-state index in [2.05, 4.69) is 20.7 Å². The van der Waals surface area contributed by atoms with E-state index in [9.17, 15) is 4.79 Å². The van der Waals surface area contributed by atoms with E-state index in [0.717, 1.165) is 0 Å². The minimum atomic E-state index is -0.314. The molecule has 0 bridgehead atoms. The number of allylic oxidation sites excluding steroid dienone is 4. The van der Waals surface area contributed by atoms with Crippen molar-refractivity contribution >= 4 is 21.9 Å². The average Bonchev–Trinajstić information content (AvgIpc) is 2.25. The molecular weight excluding hydrogens is 232 g/mol. The Kier molecular flexibility index (Phi) is 3.09. The van der Waals surface area contributed by atoms with Crippen molar-refractivity contribution in [3.05, 3.63) is 36.0 Å². The highest BCUT2D eigenvalue weighted by Gasteiger charge is 2.15. The number of carbonyl (C=O) groups is 1. The maximum absolute atomic E-state index is 11.1. The predicted molar refractivity (Wildman–Crippen MR) is 55.7 cm³/mol. The second-order valence-corrected chi connectivity index (χ2v) is 4.67. The van der Waals surface area contributed by atoms with Crippen molar-refractivity contribution in [3.8, 4) is 0 Å². The van der Waals surface area contributed by atoms with E-state index in [0.29, 0.717) is 5.57 Å². The van der Waals surface area contributed by atoms with Crippen LogP contribution in [0.25, 0.3) is 0 Å². The molecule has 3 heteroatoms. The third kappa shape index (κ3) is 2.84. The molecule has 1 rings (SSSR count). The SMILES string of the molecule is COC(=O)C1=CC=CC(C)(Br)C=C1. The standard InChI is InChI=1S/C10H11BrO2/c1-10(11)6-3-4-8(5-7-10)9(12)13-2/h3-7H,1-2H3. The Morgan fingerprint density at radius 2 is 2.23 bits per heavy atom. The Bertz CT molecular complexity index is 298. The van der Waals surface area contributed by atoms with Crippen LogP contribution in [0, 0.1) is 0 Å². The van der Waals surface area contributed by atoms with Gasteiger partial charge in [0.15, 0.2) is 0 Å². The van der Waals surface area contributed by atoms with Gasteiger partial charge in [-0.1, -0.05) is 34.2 Å². The molecule has 0 aromatic carbocycles. The molecular formula is C10H11BrO2. The summed E-state index contributed by atoms with van der Waals surface area (Å²) < 4.78 is 4.42. The first-order valence-corrected chi connectivity index (χ1v) is 4.70. The van der Waals surface area contributed by atoms with Crippen molar-refractivity contribution in [2.75, 3.05) is 7.11 Å². The van der Waals surface area contributed by atoms with E-state index in [1.165, 1.54) is 7.11 Å². The fourth-order valence-corrected chi connectivity index (χ4v) is 1.24. The normalized spacial score (nSPS) is 26.5. The van der Waals surface area contributed by atoms with Crippen LogP contribution in [0.1, 0.15) is 6.92 Å². The molecule has 0 amide bonds. The lowest BCUT2D eigenvalue weighted by molar-refractivity contribution is -0.135. The van der Waals surface area contributed by atoms with Crippen molar-refractivity contribution in [1.82, 2.24) is 0 Å². The minimum absolute atomic E-state index is 0.181. The molecule has 0 saturated heterocycles. The fourth-order valence-electron chi connectivity index (χ4n) is 0.958. The quantitative estimate of drug-likeness (QED) is 0.522. The molecule has 0 saturated carbocycles. The van der Waals surface area contributed by atoms with E-state index in [1.54, 1.807) is 12.2 Å². The highest BCUT2D eigenvalue weighted by molar-refractivity contribution is 9.10. The second-order valence-electron chi connectivity index (χ2n) is 2.96. The molecule has 1 aliphatic carbocycles. The molecule has 0 radical (unpaired) electrons. The molecule has 1 unspecified atom stereocenters. The van der Waals surface area contributed by atoms with Gasteiger partial charge >= 0.3 is 5.97 Å². The summed E-state index contributed by atoms with van der Waals surface area (Å²) >= 11 is 3.48. The number of halogens is 1. The summed E-state index contributed by atoms with van der Waals surface area (Å²) in [5.74, 6) is -0.314. The Morgan fingerprint density at radius 3 is 2.85 bits per heavy atom. The van der Waals surface area contributed by atoms with Gasteiger partial charge in [0.05, 0.1) is 17.0 Å². The molecule has 0 aromatic heterocycles. The number of carbonyl (C=O) groups excluding carboxylic acids is 1. The topological polar surface area (TPSA) is 26.3 Å². The lowest BCUT2D eigenvalue weighted by atomic mass is 10.1. The maximum atomic E-state index is 11.1. The third-order valence-electron chi connectivity index (χ3n) is 1.71. The Labute approximate surface area is 86.1 Å². The first-order chi connectivity index (χ1) is 6.05. The number of hydrogen-bond acceptors (Lipinski definition) is 2. The summed E-state index contributed by atoms with van der Waals surface area (Å²) in [6, 6.07) is 0. The molecule has 0 aromatic rings. The molecule has 0 spiro atoms. The van der Waals surface area contributed by atoms with Gasteiger partial charge < -0.3 is 4.74 Å². The summed E-state index contributed by atoms with van der Waals surface area (Å²) in [7, 11) is 1.37. The number of ether oxygens (including phenoxy) is 1. The zero-order valence-corrected chi connectivity index (χ0v) is 9.17. The van der Waals surface area contributed by atoms with Crippen LogP contribution in [0.4, 0.5) is 0 Å². The molecule has 13 heavy (non-hydrogen) atoms. The van der Waals surface area contributed by atoms with Crippen LogP contribution in [0.15, 0.2) is 36.0 Å². The monoisotopic (exact) mass is 242 g/mol. The number of rotatable bonds is 1. The molecule has 0 heterocycles. The largest absolute Gasteiger partial charge is 0.465 e. The van der Waals surface area contributed by atoms with Gasteiger partial charge in [-0.05, 0) is 19.1 Å². The van der Waals surface area contributed by atoms with Crippen molar-refractivity contribution in [2.45, 2.75) is 11.2 Å². The third-order valence-corrected chi connectivity index (χ3v) is 2.24. The van der Waals surface area contributed by atoms with E-state index < -0.39 is 0 Å². The zero-order valence-electron chi connectivity index (χ0n) is 7.58. The summed E-state index contributed by atoms with van der Waals surface area (Å²) in [5.41, 5.74) is 0.557. The van der Waals surface area contributed by atoms with Gasteiger partial charge in [0.1, 0.15) is 0 Å². The number of alkyl halides is 1. The summed E-state index contributed by atoms with van der Waals surface area (Å²) in [5, 5.41) is 0. The van der Waals surface area contributed by atoms with Crippen LogP contribution < -0.4 is 0 Å². The molecule has 70 valence electrons. The summed E-state index contributed by atoms with van der Waals surface area (Å²) in [6.45, 7) is 1.99. The van der Waals surface area contributed by atoms with Gasteiger partial charge in [0.25, 0.3) is 0 Å². The van der Waals surface area contributed by atoms with Gasteiger partial charge in [-0.15, -0.1) is 0 Å². The first-order valence-electron chi connectivity index (χ1n) is 3.91. The molecule has 1 atom stereocenters. The lowest BCUT2D eigenvalue weighted by Crippen LogP contribution is -2.06. The van der Waals surface area contributed by atoms with Crippen molar-refractivity contribution in [2.24, 2.45) is 0 Å². The molecule has 1 aliphatic rings. The molecule has 0 N–H and O–H groups in total. The second kappa shape index (κ2) is 3.92. The minimum Gasteiger partial charge on any atom is -0.465 e. The van der Waals surface area contributed by atoms with Crippen LogP contribution in [0.2, 0.25) is 0 Å². The number of methoxy groups -OCH3 is 1. The van der Waals surface area contributed by atoms with Crippen molar-refractivity contribution < 1.29 is 9.53 Å². The van der Waals surface area contributed by atoms with Gasteiger partial charge in [-0.2, -0.15) is 0 Å². The van der Waals surface area contributed by atoms with E-state index in [1.807, 2.05) is 25.2 Å². The maximum Gasteiger partial charge on any atom is 0.337 e. The van der Waals surface area contributed by atoms with Crippen LogP contribution in [-0.2, 0) is 9.53 Å². The zero-order chi connectivity index (χ0) is 9.90. The van der Waals surface area contributed by atoms with Gasteiger partial charge in [0, 0.05) is 0 Å². The highest BCUT2D eigenvalue weighted by Crippen LogP contribution is 2.23. The molecule has 0 fully saturated rings. The summed E-state index contributed by atoms with van der Waals surface area (Å²) in [4.78, 5) is 11.1. The summed E-state index contributed by atoms with van der Waals surface area (Å²) in [6.07, 6.45) is 9.18. The molecule has 0 aliphatic heterocycles. The lowest BCUT2D eigenvalue weighted by Gasteiger charge is -2.09. The Morgan fingerprint density at radius 1 is 1.54 bits per heavy atom. The van der Waals surface area contributed by atoms with Crippen LogP contribution in [0.5, 0.6) is 0 Å². The van der Waals surface area contributed by atoms with E-state index in [4.69, 9.17) is 0 Å². The smallest absolute Gasteiger partial charge is 0.337 e. The Balaban J connectivity index is 2.89. The van der Waals surface area contributed by atoms with Gasteiger partial charge in [-0.3, -0.25) is 0 Å². The number of hydrogen-bond donors (Lipinski definition) is 0. The Hall–Kier alpha value is -0.830. The average molecular weight is 243 g/mol.